The van der Waals surface area contributed by atoms with Gasteiger partial charge in [0, 0.05) is 50.5 Å². The van der Waals surface area contributed by atoms with Crippen LogP contribution < -0.4 is 15.0 Å². The van der Waals surface area contributed by atoms with E-state index < -0.39 is 15.8 Å². The Morgan fingerprint density at radius 3 is 2.31 bits per heavy atom. The molecule has 0 radical (unpaired) electrons. The molecule has 0 unspecified atom stereocenters. The van der Waals surface area contributed by atoms with Gasteiger partial charge in [0.25, 0.3) is 5.91 Å². The highest BCUT2D eigenvalue weighted by atomic mass is 32.2. The first-order valence-corrected chi connectivity index (χ1v) is 20.3. The number of hydrogen-bond acceptors (Lipinski definition) is 9. The Labute approximate surface area is 318 Å². The first kappa shape index (κ1) is 39.3. The van der Waals surface area contributed by atoms with Gasteiger partial charge in [-0.3, -0.25) is 9.59 Å². The van der Waals surface area contributed by atoms with Crippen molar-refractivity contribution < 1.29 is 27.1 Å². The normalized spacial score (nSPS) is 19.3. The van der Waals surface area contributed by atoms with Gasteiger partial charge in [0.1, 0.15) is 17.9 Å². The predicted molar refractivity (Wildman–Crippen MR) is 207 cm³/mol. The number of anilines is 2. The molecule has 290 valence electrons. The Hall–Kier alpha value is -4.40. The van der Waals surface area contributed by atoms with Crippen LogP contribution in [0, 0.1) is 17.2 Å². The maximum atomic E-state index is 14.4. The van der Waals surface area contributed by atoms with E-state index in [1.165, 1.54) is 42.7 Å². The molecule has 0 bridgehead atoms. The summed E-state index contributed by atoms with van der Waals surface area (Å²) in [5.41, 5.74) is 0.827. The highest BCUT2D eigenvalue weighted by Crippen LogP contribution is 2.43. The number of hydrogen-bond donors (Lipinski definition) is 1. The van der Waals surface area contributed by atoms with Gasteiger partial charge in [-0.2, -0.15) is 4.31 Å². The largest absolute Gasteiger partial charge is 0.451 e. The molecule has 1 spiro atoms. The molecule has 1 atom stereocenters. The zero-order valence-corrected chi connectivity index (χ0v) is 32.5. The maximum Gasteiger partial charge on any atom is 0.258 e. The van der Waals surface area contributed by atoms with Gasteiger partial charge in [-0.1, -0.05) is 6.58 Å². The van der Waals surface area contributed by atoms with Crippen molar-refractivity contribution in [2.75, 3.05) is 56.0 Å². The number of carbonyl (C=O) groups is 2. The van der Waals surface area contributed by atoms with Gasteiger partial charge in [0.15, 0.2) is 11.6 Å². The van der Waals surface area contributed by atoms with E-state index in [-0.39, 0.29) is 45.5 Å². The van der Waals surface area contributed by atoms with Gasteiger partial charge >= 0.3 is 0 Å². The number of nitrogens with zero attached hydrogens (tertiary/aromatic N) is 6. The van der Waals surface area contributed by atoms with Gasteiger partial charge in [0.05, 0.1) is 16.7 Å². The van der Waals surface area contributed by atoms with E-state index >= 15 is 0 Å². The van der Waals surface area contributed by atoms with Crippen LogP contribution >= 0.6 is 0 Å². The third kappa shape index (κ3) is 8.76. The van der Waals surface area contributed by atoms with Crippen molar-refractivity contribution in [1.82, 2.24) is 24.1 Å². The van der Waals surface area contributed by atoms with Crippen LogP contribution in [0.1, 0.15) is 70.2 Å². The third-order valence-corrected chi connectivity index (χ3v) is 13.1. The molecule has 2 amide bonds. The lowest BCUT2D eigenvalue weighted by molar-refractivity contribution is -0.111. The smallest absolute Gasteiger partial charge is 0.258 e. The van der Waals surface area contributed by atoms with Crippen molar-refractivity contribution in [2.45, 2.75) is 76.8 Å². The number of sulfonamides is 1. The van der Waals surface area contributed by atoms with E-state index in [2.05, 4.69) is 31.7 Å². The van der Waals surface area contributed by atoms with Crippen molar-refractivity contribution in [3.8, 4) is 11.5 Å². The van der Waals surface area contributed by atoms with Crippen LogP contribution in [0.25, 0.3) is 0 Å². The van der Waals surface area contributed by atoms with Gasteiger partial charge in [0.2, 0.25) is 15.9 Å². The minimum absolute atomic E-state index is 0.0793. The van der Waals surface area contributed by atoms with E-state index in [0.717, 1.165) is 64.8 Å². The Balaban J connectivity index is 1.02. The van der Waals surface area contributed by atoms with Crippen LogP contribution in [0.4, 0.5) is 15.9 Å². The number of ether oxygens (including phenoxy) is 1. The third-order valence-electron chi connectivity index (χ3n) is 11.1. The number of rotatable bonds is 12. The van der Waals surface area contributed by atoms with Crippen LogP contribution in [-0.2, 0) is 14.8 Å². The second kappa shape index (κ2) is 16.5. The van der Waals surface area contributed by atoms with E-state index in [0.29, 0.717) is 36.3 Å². The summed E-state index contributed by atoms with van der Waals surface area (Å²) in [4.78, 5) is 40.7. The number of carbonyl (C=O) groups excluding carboxylic acids is 2. The van der Waals surface area contributed by atoms with Crippen LogP contribution in [0.2, 0.25) is 0 Å². The molecule has 3 saturated heterocycles. The van der Waals surface area contributed by atoms with E-state index in [1.54, 1.807) is 27.5 Å². The molecule has 12 nitrogen and oxygen atoms in total. The zero-order chi connectivity index (χ0) is 38.6. The number of piperidine rings is 2. The number of nitrogens with one attached hydrogen (secondary N) is 1. The summed E-state index contributed by atoms with van der Waals surface area (Å²) in [6.07, 6.45) is 9.03. The SMILES string of the molecule is C=CC(=O)Nc1ccc(S(=O)(=O)N2CCC3(CCN(C[C@@H]4CCN(c5ncncc5Oc5ccc(F)cc5C(=O)N(C(C)C)C(C)C)C4)CC3)CC2)cc1. The molecule has 0 aliphatic carbocycles. The fraction of sp³-hybridized carbons (Fsp3) is 0.500. The summed E-state index contributed by atoms with van der Waals surface area (Å²) >= 11 is 0. The van der Waals surface area contributed by atoms with Crippen molar-refractivity contribution in [3.63, 3.8) is 0 Å². The number of benzene rings is 2. The molecule has 0 saturated carbocycles. The summed E-state index contributed by atoms with van der Waals surface area (Å²) in [7, 11) is -3.63. The predicted octanol–water partition coefficient (Wildman–Crippen LogP) is 6.18. The Bertz CT molecular complexity index is 1910. The summed E-state index contributed by atoms with van der Waals surface area (Å²) in [6, 6.07) is 10.1. The van der Waals surface area contributed by atoms with Crippen molar-refractivity contribution in [1.29, 1.82) is 0 Å². The van der Waals surface area contributed by atoms with Gasteiger partial charge < -0.3 is 24.8 Å². The maximum absolute atomic E-state index is 14.4. The quantitative estimate of drug-likeness (QED) is 0.215. The number of aromatic nitrogens is 2. The van der Waals surface area contributed by atoms with Crippen molar-refractivity contribution in [2.24, 2.45) is 11.3 Å². The summed E-state index contributed by atoms with van der Waals surface area (Å²) in [6.45, 7) is 16.7. The van der Waals surface area contributed by atoms with Crippen LogP contribution in [-0.4, -0.2) is 102 Å². The van der Waals surface area contributed by atoms with Crippen LogP contribution in [0.3, 0.4) is 0 Å². The Morgan fingerprint density at radius 1 is 1.00 bits per heavy atom. The number of halogens is 1. The summed E-state index contributed by atoms with van der Waals surface area (Å²) in [5, 5.41) is 2.65. The van der Waals surface area contributed by atoms with Crippen LogP contribution in [0.15, 0.2) is 72.5 Å². The lowest BCUT2D eigenvalue weighted by Crippen LogP contribution is -2.48. The zero-order valence-electron chi connectivity index (χ0n) is 31.7. The molecular formula is C40H52FN7O5S. The molecule has 1 N–H and O–H groups in total. The average Bonchev–Trinajstić information content (AvgIpc) is 3.62. The lowest BCUT2D eigenvalue weighted by atomic mass is 9.71. The first-order valence-electron chi connectivity index (χ1n) is 18.9. The van der Waals surface area contributed by atoms with E-state index in [9.17, 15) is 22.4 Å². The molecule has 3 aliphatic heterocycles. The second-order valence-corrected chi connectivity index (χ2v) is 17.3. The second-order valence-electron chi connectivity index (χ2n) is 15.4. The first-order chi connectivity index (χ1) is 25.8. The molecule has 14 heteroatoms. The minimum atomic E-state index is -3.63. The highest BCUT2D eigenvalue weighted by molar-refractivity contribution is 7.89. The summed E-state index contributed by atoms with van der Waals surface area (Å²) < 4.78 is 49.2. The molecule has 4 heterocycles. The molecule has 54 heavy (non-hydrogen) atoms. The van der Waals surface area contributed by atoms with Crippen molar-refractivity contribution >= 4 is 33.3 Å². The monoisotopic (exact) mass is 761 g/mol. The molecular weight excluding hydrogens is 710 g/mol. The fourth-order valence-corrected chi connectivity index (χ4v) is 9.65. The lowest BCUT2D eigenvalue weighted by Gasteiger charge is -2.46. The molecule has 3 aromatic rings. The number of amides is 2. The van der Waals surface area contributed by atoms with Gasteiger partial charge in [-0.05, 0) is 133 Å². The fourth-order valence-electron chi connectivity index (χ4n) is 8.20. The van der Waals surface area contributed by atoms with Gasteiger partial charge in [-0.25, -0.2) is 22.8 Å². The van der Waals surface area contributed by atoms with E-state index in [1.807, 2.05) is 27.7 Å². The standard InChI is InChI=1S/C40H52FN7O5S/c1-6-37(49)44-32-8-10-33(11-9-32)54(51,52)47-21-16-40(17-22-47)14-19-45(20-15-40)25-30-13-18-46(26-30)38-36(24-42-27-43-38)53-35-12-7-31(41)23-34(35)39(50)48(28(2)3)29(4)5/h6-12,23-24,27-30H,1,13-22,25-26H2,2-5H3,(H,44,49)/t30-/m0/s1. The molecule has 6 rings (SSSR count). The van der Waals surface area contributed by atoms with E-state index in [4.69, 9.17) is 4.74 Å². The Morgan fingerprint density at radius 2 is 1.67 bits per heavy atom. The highest BCUT2D eigenvalue weighted by Gasteiger charge is 2.41. The van der Waals surface area contributed by atoms with Crippen LogP contribution in [0.5, 0.6) is 11.5 Å². The molecule has 2 aromatic carbocycles. The molecule has 1 aromatic heterocycles. The summed E-state index contributed by atoms with van der Waals surface area (Å²) in [5.74, 6) is 0.597. The van der Waals surface area contributed by atoms with Crippen molar-refractivity contribution in [3.05, 3.63) is 79.0 Å². The van der Waals surface area contributed by atoms with Gasteiger partial charge in [-0.15, -0.1) is 0 Å². The Kier molecular flexibility index (Phi) is 12.0. The molecule has 3 aliphatic rings. The average molecular weight is 762 g/mol. The number of likely N-dealkylation sites (tertiary alicyclic amines) is 1. The molecule has 3 fully saturated rings. The topological polar surface area (TPSA) is 128 Å². The minimum Gasteiger partial charge on any atom is -0.451 e.